The van der Waals surface area contributed by atoms with Crippen molar-refractivity contribution in [3.63, 3.8) is 0 Å². The third kappa shape index (κ3) is 3.76. The highest BCUT2D eigenvalue weighted by molar-refractivity contribution is 6.32. The number of esters is 1. The van der Waals surface area contributed by atoms with Crippen LogP contribution in [0.3, 0.4) is 0 Å². The maximum absolute atomic E-state index is 13.6. The van der Waals surface area contributed by atoms with Crippen molar-refractivity contribution in [2.45, 2.75) is 6.92 Å². The predicted octanol–water partition coefficient (Wildman–Crippen LogP) is 4.11. The zero-order chi connectivity index (χ0) is 17.0. The van der Waals surface area contributed by atoms with Gasteiger partial charge in [-0.1, -0.05) is 11.6 Å². The molecule has 2 rings (SSSR count). The lowest BCUT2D eigenvalue weighted by Crippen LogP contribution is -2.12. The second kappa shape index (κ2) is 7.07. The summed E-state index contributed by atoms with van der Waals surface area (Å²) in [5.41, 5.74) is -0.236. The number of benzene rings is 2. The lowest BCUT2D eigenvalue weighted by Gasteiger charge is -2.13. The summed E-state index contributed by atoms with van der Waals surface area (Å²) >= 11 is 5.98. The van der Waals surface area contributed by atoms with Gasteiger partial charge in [-0.3, -0.25) is 0 Å². The Morgan fingerprint density at radius 2 is 2.04 bits per heavy atom. The topological polar surface area (TPSA) is 59.3 Å². The van der Waals surface area contributed by atoms with Gasteiger partial charge in [0.25, 0.3) is 0 Å². The molecule has 0 N–H and O–H groups in total. The van der Waals surface area contributed by atoms with E-state index in [1.807, 2.05) is 6.07 Å². The predicted molar refractivity (Wildman–Crippen MR) is 78.7 cm³/mol. The minimum Gasteiger partial charge on any atom is -0.490 e. The average Bonchev–Trinajstić information content (AvgIpc) is 2.50. The van der Waals surface area contributed by atoms with Crippen LogP contribution in [-0.2, 0) is 0 Å². The monoisotopic (exact) mass is 337 g/mol. The molecule has 7 heteroatoms. The van der Waals surface area contributed by atoms with Crippen LogP contribution >= 0.6 is 11.6 Å². The summed E-state index contributed by atoms with van der Waals surface area (Å²) in [7, 11) is 0. The first-order chi connectivity index (χ1) is 11.0. The Morgan fingerprint density at radius 3 is 2.65 bits per heavy atom. The highest BCUT2D eigenvalue weighted by Gasteiger charge is 2.20. The van der Waals surface area contributed by atoms with E-state index in [9.17, 15) is 13.6 Å². The van der Waals surface area contributed by atoms with Crippen LogP contribution in [-0.4, -0.2) is 12.6 Å². The van der Waals surface area contributed by atoms with E-state index in [-0.39, 0.29) is 28.7 Å². The van der Waals surface area contributed by atoms with Crippen LogP contribution in [0.15, 0.2) is 30.3 Å². The molecule has 0 aromatic heterocycles. The molecule has 0 saturated carbocycles. The van der Waals surface area contributed by atoms with Gasteiger partial charge in [-0.15, -0.1) is 0 Å². The average molecular weight is 338 g/mol. The number of rotatable bonds is 4. The normalized spacial score (nSPS) is 10.0. The van der Waals surface area contributed by atoms with Crippen LogP contribution in [0, 0.1) is 23.0 Å². The van der Waals surface area contributed by atoms with Gasteiger partial charge in [0.05, 0.1) is 28.8 Å². The van der Waals surface area contributed by atoms with Gasteiger partial charge < -0.3 is 9.47 Å². The van der Waals surface area contributed by atoms with Crippen molar-refractivity contribution < 1.29 is 23.0 Å². The van der Waals surface area contributed by atoms with E-state index in [0.717, 1.165) is 12.1 Å². The van der Waals surface area contributed by atoms with E-state index in [2.05, 4.69) is 0 Å². The Bertz CT molecular complexity index is 803. The summed E-state index contributed by atoms with van der Waals surface area (Å²) in [6, 6.07) is 6.99. The molecule has 0 aliphatic heterocycles. The number of ether oxygens (including phenoxy) is 2. The second-order valence-corrected chi connectivity index (χ2v) is 4.75. The summed E-state index contributed by atoms with van der Waals surface area (Å²) in [4.78, 5) is 12.0. The summed E-state index contributed by atoms with van der Waals surface area (Å²) in [6.45, 7) is 1.93. The number of carbonyl (C=O) groups excluding carboxylic acids is 1. The van der Waals surface area contributed by atoms with Crippen molar-refractivity contribution in [3.05, 3.63) is 58.1 Å². The Kier molecular flexibility index (Phi) is 5.14. The van der Waals surface area contributed by atoms with Gasteiger partial charge in [-0.2, -0.15) is 5.26 Å². The minimum atomic E-state index is -1.06. The number of carbonyl (C=O) groups is 1. The molecular weight excluding hydrogens is 328 g/mol. The molecule has 118 valence electrons. The van der Waals surface area contributed by atoms with Crippen molar-refractivity contribution in [1.29, 1.82) is 5.26 Å². The van der Waals surface area contributed by atoms with Crippen molar-refractivity contribution in [2.24, 2.45) is 0 Å². The Morgan fingerprint density at radius 1 is 1.30 bits per heavy atom. The SMILES string of the molecule is CCOc1cc(C#N)cc(Cl)c1OC(=O)c1ccc(F)cc1F. The van der Waals surface area contributed by atoms with Crippen molar-refractivity contribution in [1.82, 2.24) is 0 Å². The van der Waals surface area contributed by atoms with Crippen LogP contribution < -0.4 is 9.47 Å². The largest absolute Gasteiger partial charge is 0.490 e. The maximum atomic E-state index is 13.6. The number of nitriles is 1. The van der Waals surface area contributed by atoms with Gasteiger partial charge in [0.15, 0.2) is 11.5 Å². The van der Waals surface area contributed by atoms with E-state index in [0.29, 0.717) is 6.07 Å². The van der Waals surface area contributed by atoms with Crippen molar-refractivity contribution in [2.75, 3.05) is 6.61 Å². The molecule has 0 aliphatic rings. The molecule has 0 amide bonds. The third-order valence-electron chi connectivity index (χ3n) is 2.78. The Hall–Kier alpha value is -2.65. The van der Waals surface area contributed by atoms with E-state index in [1.54, 1.807) is 6.92 Å². The molecule has 0 heterocycles. The minimum absolute atomic E-state index is 0.0385. The smallest absolute Gasteiger partial charge is 0.346 e. The second-order valence-electron chi connectivity index (χ2n) is 4.34. The number of nitrogens with zero attached hydrogens (tertiary/aromatic N) is 1. The highest BCUT2D eigenvalue weighted by atomic mass is 35.5. The first-order valence-electron chi connectivity index (χ1n) is 6.50. The van der Waals surface area contributed by atoms with Gasteiger partial charge in [0.2, 0.25) is 0 Å². The zero-order valence-corrected chi connectivity index (χ0v) is 12.7. The van der Waals surface area contributed by atoms with E-state index >= 15 is 0 Å². The first kappa shape index (κ1) is 16.7. The molecule has 2 aromatic carbocycles. The molecule has 0 aliphatic carbocycles. The van der Waals surface area contributed by atoms with Gasteiger partial charge in [0.1, 0.15) is 11.6 Å². The molecule has 0 bridgehead atoms. The van der Waals surface area contributed by atoms with Crippen LogP contribution in [0.25, 0.3) is 0 Å². The Balaban J connectivity index is 2.39. The molecule has 2 aromatic rings. The summed E-state index contributed by atoms with van der Waals surface area (Å²) in [5.74, 6) is -2.99. The highest BCUT2D eigenvalue weighted by Crippen LogP contribution is 2.37. The molecule has 0 radical (unpaired) electrons. The van der Waals surface area contributed by atoms with Crippen LogP contribution in [0.1, 0.15) is 22.8 Å². The molecule has 4 nitrogen and oxygen atoms in total. The summed E-state index contributed by atoms with van der Waals surface area (Å²) < 4.78 is 36.9. The van der Waals surface area contributed by atoms with E-state index < -0.39 is 23.2 Å². The number of hydrogen-bond acceptors (Lipinski definition) is 4. The standard InChI is InChI=1S/C16H10ClF2NO3/c1-2-22-14-6-9(8-20)5-12(17)15(14)23-16(21)11-4-3-10(18)7-13(11)19/h3-7H,2H2,1H3. The van der Waals surface area contributed by atoms with Crippen LogP contribution in [0.2, 0.25) is 5.02 Å². The fourth-order valence-corrected chi connectivity index (χ4v) is 2.05. The lowest BCUT2D eigenvalue weighted by molar-refractivity contribution is 0.0723. The van der Waals surface area contributed by atoms with Gasteiger partial charge in [-0.25, -0.2) is 13.6 Å². The molecule has 0 atom stereocenters. The Labute approximate surface area is 135 Å². The van der Waals surface area contributed by atoms with E-state index in [1.165, 1.54) is 12.1 Å². The van der Waals surface area contributed by atoms with Crippen LogP contribution in [0.5, 0.6) is 11.5 Å². The van der Waals surface area contributed by atoms with Crippen molar-refractivity contribution >= 4 is 17.6 Å². The molecule has 23 heavy (non-hydrogen) atoms. The van der Waals surface area contributed by atoms with Gasteiger partial charge in [-0.05, 0) is 25.1 Å². The van der Waals surface area contributed by atoms with Crippen molar-refractivity contribution in [3.8, 4) is 17.6 Å². The zero-order valence-electron chi connectivity index (χ0n) is 11.9. The number of halogens is 3. The van der Waals surface area contributed by atoms with Gasteiger partial charge in [0, 0.05) is 12.1 Å². The first-order valence-corrected chi connectivity index (χ1v) is 6.87. The third-order valence-corrected chi connectivity index (χ3v) is 3.07. The fraction of sp³-hybridized carbons (Fsp3) is 0.125. The molecular formula is C16H10ClF2NO3. The maximum Gasteiger partial charge on any atom is 0.346 e. The van der Waals surface area contributed by atoms with Crippen LogP contribution in [0.4, 0.5) is 8.78 Å². The molecule has 0 spiro atoms. The molecule has 0 saturated heterocycles. The lowest BCUT2D eigenvalue weighted by atomic mass is 10.2. The molecule has 0 fully saturated rings. The molecule has 0 unspecified atom stereocenters. The number of hydrogen-bond donors (Lipinski definition) is 0. The van der Waals surface area contributed by atoms with Gasteiger partial charge >= 0.3 is 5.97 Å². The summed E-state index contributed by atoms with van der Waals surface area (Å²) in [6.07, 6.45) is 0. The fourth-order valence-electron chi connectivity index (χ4n) is 1.80. The quantitative estimate of drug-likeness (QED) is 0.622. The van der Waals surface area contributed by atoms with E-state index in [4.69, 9.17) is 26.3 Å². The summed E-state index contributed by atoms with van der Waals surface area (Å²) in [5, 5.41) is 8.87.